The predicted molar refractivity (Wildman–Crippen MR) is 107 cm³/mol. The van der Waals surface area contributed by atoms with E-state index in [4.69, 9.17) is 4.74 Å². The van der Waals surface area contributed by atoms with Gasteiger partial charge in [0.2, 0.25) is 0 Å². The van der Waals surface area contributed by atoms with Crippen molar-refractivity contribution in [1.29, 1.82) is 0 Å². The molecule has 2 fully saturated rings. The fourth-order valence-electron chi connectivity index (χ4n) is 5.51. The van der Waals surface area contributed by atoms with Crippen LogP contribution in [0.5, 0.6) is 11.5 Å². The Hall–Kier alpha value is -1.76. The zero-order valence-electron chi connectivity index (χ0n) is 15.8. The number of ether oxygens (including phenoxy) is 1. The van der Waals surface area contributed by atoms with Gasteiger partial charge in [-0.15, -0.1) is 0 Å². The van der Waals surface area contributed by atoms with Gasteiger partial charge in [0.05, 0.1) is 0 Å². The highest BCUT2D eigenvalue weighted by Gasteiger charge is 2.28. The first-order chi connectivity index (χ1) is 12.9. The number of fused-ring (bicyclic) bond motifs is 2. The van der Waals surface area contributed by atoms with Gasteiger partial charge in [-0.05, 0) is 59.8 Å². The average molecular weight is 347 g/mol. The Morgan fingerprint density at radius 2 is 1.04 bits per heavy atom. The third-order valence-electron chi connectivity index (χ3n) is 6.93. The SMILES string of the molecule is c1cc2c(c(C3CCCCC3)c1)Oc1c(cccc1C1CCCCC1)C2. The second-order valence-electron chi connectivity index (χ2n) is 8.62. The van der Waals surface area contributed by atoms with Crippen LogP contribution in [0.3, 0.4) is 0 Å². The van der Waals surface area contributed by atoms with Crippen LogP contribution in [0.4, 0.5) is 0 Å². The van der Waals surface area contributed by atoms with Crippen LogP contribution in [0.1, 0.15) is 98.3 Å². The Morgan fingerprint density at radius 3 is 1.50 bits per heavy atom. The highest BCUT2D eigenvalue weighted by Crippen LogP contribution is 2.48. The molecule has 0 N–H and O–H groups in total. The fourth-order valence-corrected chi connectivity index (χ4v) is 5.51. The summed E-state index contributed by atoms with van der Waals surface area (Å²) < 4.78 is 6.75. The fraction of sp³-hybridized carbons (Fsp3) is 0.520. The van der Waals surface area contributed by atoms with E-state index in [1.807, 2.05) is 0 Å². The van der Waals surface area contributed by atoms with E-state index >= 15 is 0 Å². The van der Waals surface area contributed by atoms with Gasteiger partial charge < -0.3 is 4.74 Å². The molecule has 2 aromatic rings. The molecule has 0 unspecified atom stereocenters. The van der Waals surface area contributed by atoms with Crippen LogP contribution in [0, 0.1) is 0 Å². The van der Waals surface area contributed by atoms with Crippen molar-refractivity contribution in [2.75, 3.05) is 0 Å². The van der Waals surface area contributed by atoms with Gasteiger partial charge in [0.15, 0.2) is 0 Å². The maximum absolute atomic E-state index is 6.75. The van der Waals surface area contributed by atoms with Gasteiger partial charge in [-0.1, -0.05) is 74.9 Å². The summed E-state index contributed by atoms with van der Waals surface area (Å²) >= 11 is 0. The van der Waals surface area contributed by atoms with E-state index in [1.54, 1.807) is 0 Å². The molecule has 2 aromatic carbocycles. The van der Waals surface area contributed by atoms with Gasteiger partial charge in [0, 0.05) is 6.42 Å². The molecule has 3 aliphatic rings. The second-order valence-corrected chi connectivity index (χ2v) is 8.62. The molecule has 1 aliphatic heterocycles. The number of benzene rings is 2. The molecule has 26 heavy (non-hydrogen) atoms. The first-order valence-corrected chi connectivity index (χ1v) is 10.8. The van der Waals surface area contributed by atoms with Crippen molar-refractivity contribution in [2.45, 2.75) is 82.5 Å². The highest BCUT2D eigenvalue weighted by atomic mass is 16.5. The molecule has 1 nitrogen and oxygen atoms in total. The zero-order chi connectivity index (χ0) is 17.3. The third kappa shape index (κ3) is 2.96. The largest absolute Gasteiger partial charge is 0.456 e. The smallest absolute Gasteiger partial charge is 0.134 e. The highest BCUT2D eigenvalue weighted by molar-refractivity contribution is 5.57. The Kier molecular flexibility index (Phi) is 4.48. The van der Waals surface area contributed by atoms with Crippen molar-refractivity contribution in [1.82, 2.24) is 0 Å². The van der Waals surface area contributed by atoms with E-state index in [0.29, 0.717) is 11.8 Å². The molecule has 1 heteroatoms. The summed E-state index contributed by atoms with van der Waals surface area (Å²) in [6.45, 7) is 0. The van der Waals surface area contributed by atoms with E-state index in [9.17, 15) is 0 Å². The molecule has 0 saturated heterocycles. The molecule has 0 spiro atoms. The lowest BCUT2D eigenvalue weighted by molar-refractivity contribution is 0.394. The first-order valence-electron chi connectivity index (χ1n) is 10.8. The van der Waals surface area contributed by atoms with Crippen molar-refractivity contribution in [3.63, 3.8) is 0 Å². The normalized spacial score (nSPS) is 20.9. The van der Waals surface area contributed by atoms with Crippen LogP contribution in [-0.4, -0.2) is 0 Å². The Bertz CT molecular complexity index is 713. The minimum atomic E-state index is 0.696. The van der Waals surface area contributed by atoms with Crippen LogP contribution >= 0.6 is 0 Å². The molecule has 1 heterocycles. The molecule has 2 saturated carbocycles. The molecular weight excluding hydrogens is 316 g/mol. The quantitative estimate of drug-likeness (QED) is 0.467. The third-order valence-corrected chi connectivity index (χ3v) is 6.93. The summed E-state index contributed by atoms with van der Waals surface area (Å²) in [5.41, 5.74) is 5.74. The van der Waals surface area contributed by atoms with Gasteiger partial charge in [-0.25, -0.2) is 0 Å². The number of rotatable bonds is 2. The van der Waals surface area contributed by atoms with Gasteiger partial charge in [-0.3, -0.25) is 0 Å². The Balaban J connectivity index is 1.52. The van der Waals surface area contributed by atoms with Crippen molar-refractivity contribution in [2.24, 2.45) is 0 Å². The Morgan fingerprint density at radius 1 is 0.577 bits per heavy atom. The van der Waals surface area contributed by atoms with E-state index in [2.05, 4.69) is 36.4 Å². The average Bonchev–Trinajstić information content (AvgIpc) is 2.72. The van der Waals surface area contributed by atoms with Crippen LogP contribution in [0.15, 0.2) is 36.4 Å². The molecule has 0 aromatic heterocycles. The van der Waals surface area contributed by atoms with E-state index in [0.717, 1.165) is 6.42 Å². The van der Waals surface area contributed by atoms with Crippen LogP contribution in [-0.2, 0) is 6.42 Å². The van der Waals surface area contributed by atoms with Crippen molar-refractivity contribution >= 4 is 0 Å². The lowest BCUT2D eigenvalue weighted by atomic mass is 9.80. The summed E-state index contributed by atoms with van der Waals surface area (Å²) in [5, 5.41) is 0. The maximum atomic E-state index is 6.75. The molecule has 136 valence electrons. The predicted octanol–water partition coefficient (Wildman–Crippen LogP) is 7.48. The van der Waals surface area contributed by atoms with E-state index < -0.39 is 0 Å². The summed E-state index contributed by atoms with van der Waals surface area (Å²) in [6.07, 6.45) is 14.7. The minimum absolute atomic E-state index is 0.696. The number of para-hydroxylation sites is 2. The summed E-state index contributed by atoms with van der Waals surface area (Å²) in [5.74, 6) is 3.80. The Labute approximate surface area is 157 Å². The minimum Gasteiger partial charge on any atom is -0.456 e. The van der Waals surface area contributed by atoms with E-state index in [-0.39, 0.29) is 0 Å². The monoisotopic (exact) mass is 346 g/mol. The van der Waals surface area contributed by atoms with Gasteiger partial charge in [0.1, 0.15) is 11.5 Å². The summed E-state index contributed by atoms with van der Waals surface area (Å²) in [7, 11) is 0. The van der Waals surface area contributed by atoms with Crippen molar-refractivity contribution < 1.29 is 4.74 Å². The molecule has 0 bridgehead atoms. The molecule has 2 aliphatic carbocycles. The van der Waals surface area contributed by atoms with Gasteiger partial charge in [-0.2, -0.15) is 0 Å². The van der Waals surface area contributed by atoms with Crippen LogP contribution < -0.4 is 4.74 Å². The van der Waals surface area contributed by atoms with Crippen LogP contribution in [0.2, 0.25) is 0 Å². The van der Waals surface area contributed by atoms with Crippen molar-refractivity contribution in [3.8, 4) is 11.5 Å². The molecule has 5 rings (SSSR count). The molecule has 0 atom stereocenters. The number of hydrogen-bond donors (Lipinski definition) is 0. The number of hydrogen-bond acceptors (Lipinski definition) is 1. The summed E-state index contributed by atoms with van der Waals surface area (Å²) in [6, 6.07) is 13.7. The van der Waals surface area contributed by atoms with Gasteiger partial charge in [0.25, 0.3) is 0 Å². The van der Waals surface area contributed by atoms with Crippen molar-refractivity contribution in [3.05, 3.63) is 58.7 Å². The molecule has 0 amide bonds. The zero-order valence-corrected chi connectivity index (χ0v) is 15.8. The van der Waals surface area contributed by atoms with Crippen LogP contribution in [0.25, 0.3) is 0 Å². The molecular formula is C25H30O. The maximum Gasteiger partial charge on any atom is 0.134 e. The first kappa shape index (κ1) is 16.4. The van der Waals surface area contributed by atoms with Gasteiger partial charge >= 0.3 is 0 Å². The standard InChI is InChI=1S/C25H30O/c1-3-9-18(10-4-1)22-15-7-13-20-17-21-14-8-16-23(25(21)26-24(20)22)19-11-5-2-6-12-19/h7-8,13-16,18-19H,1-6,9-12,17H2. The topological polar surface area (TPSA) is 9.23 Å². The lowest BCUT2D eigenvalue weighted by Crippen LogP contribution is -2.13. The second kappa shape index (κ2) is 7.10. The van der Waals surface area contributed by atoms with E-state index in [1.165, 1.54) is 98.0 Å². The summed E-state index contributed by atoms with van der Waals surface area (Å²) in [4.78, 5) is 0. The molecule has 0 radical (unpaired) electrons. The lowest BCUT2D eigenvalue weighted by Gasteiger charge is -2.31.